The van der Waals surface area contributed by atoms with Gasteiger partial charge in [-0.2, -0.15) is 9.98 Å². The summed E-state index contributed by atoms with van der Waals surface area (Å²) in [7, 11) is 0. The van der Waals surface area contributed by atoms with Crippen LogP contribution in [-0.4, -0.2) is 11.0 Å². The Morgan fingerprint density at radius 3 is 2.91 bits per heavy atom. The normalized spacial score (nSPS) is 13.7. The number of hydrogen-bond acceptors (Lipinski definition) is 2. The average molecular weight is 212 g/mol. The second-order valence-electron chi connectivity index (χ2n) is 1.98. The fourth-order valence-corrected chi connectivity index (χ4v) is 1.11. The predicted octanol–water partition coefficient (Wildman–Crippen LogP) is 0.217. The van der Waals surface area contributed by atoms with Gasteiger partial charge in [0.15, 0.2) is 5.49 Å². The van der Waals surface area contributed by atoms with Gasteiger partial charge >= 0.3 is 6.03 Å². The summed E-state index contributed by atoms with van der Waals surface area (Å²) in [6.07, 6.45) is 0. The summed E-state index contributed by atoms with van der Waals surface area (Å²) in [5.74, 6) is 0. The highest BCUT2D eigenvalue weighted by Gasteiger charge is 2.04. The van der Waals surface area contributed by atoms with E-state index in [0.717, 1.165) is 0 Å². The lowest BCUT2D eigenvalue weighted by Gasteiger charge is -1.82. The van der Waals surface area contributed by atoms with E-state index in [0.29, 0.717) is 15.4 Å². The number of carbonyl (C=O) groups excluding carboxylic acids is 1. The number of rotatable bonds is 0. The molecule has 0 aliphatic carbocycles. The third-order valence-corrected chi connectivity index (χ3v) is 1.68. The van der Waals surface area contributed by atoms with E-state index in [4.69, 9.17) is 0 Å². The minimum absolute atomic E-state index is 0.393. The van der Waals surface area contributed by atoms with Crippen molar-refractivity contribution < 1.29 is 4.79 Å². The molecule has 4 nitrogen and oxygen atoms in total. The minimum Gasteiger partial charge on any atom is -0.244 e. The number of hydrogen-bond donors (Lipinski definition) is 0. The first-order valence-electron chi connectivity index (χ1n) is 2.90. The van der Waals surface area contributed by atoms with Gasteiger partial charge in [0, 0.05) is 0 Å². The van der Waals surface area contributed by atoms with E-state index < -0.39 is 6.03 Å². The molecule has 0 fully saturated rings. The zero-order valence-electron chi connectivity index (χ0n) is 5.28. The summed E-state index contributed by atoms with van der Waals surface area (Å²) < 4.78 is 0.657. The van der Waals surface area contributed by atoms with Gasteiger partial charge in [-0.1, -0.05) is 0 Å². The highest BCUT2D eigenvalue weighted by atomic mass is 79.9. The molecular formula is C6H2BrN3O. The molecule has 54 valence electrons. The molecule has 2 heterocycles. The molecular weight excluding hydrogens is 210 g/mol. The summed E-state index contributed by atoms with van der Waals surface area (Å²) >= 11 is 3.16. The van der Waals surface area contributed by atoms with Crippen molar-refractivity contribution in [2.24, 2.45) is 9.98 Å². The first kappa shape index (κ1) is 6.60. The lowest BCUT2D eigenvalue weighted by Crippen LogP contribution is -2.24. The monoisotopic (exact) mass is 211 g/mol. The van der Waals surface area contributed by atoms with E-state index in [1.54, 1.807) is 12.1 Å². The van der Waals surface area contributed by atoms with E-state index in [-0.39, 0.29) is 0 Å². The van der Waals surface area contributed by atoms with E-state index in [2.05, 4.69) is 30.9 Å². The number of amides is 2. The largest absolute Gasteiger partial charge is 0.369 e. The summed E-state index contributed by atoms with van der Waals surface area (Å²) in [5, 5.41) is 0.540. The first-order valence-corrected chi connectivity index (χ1v) is 3.69. The summed E-state index contributed by atoms with van der Waals surface area (Å²) in [5.41, 5.74) is 0.393. The van der Waals surface area contributed by atoms with E-state index >= 15 is 0 Å². The van der Waals surface area contributed by atoms with Crippen LogP contribution >= 0.6 is 15.9 Å². The fraction of sp³-hybridized carbons (Fsp3) is 0. The maximum absolute atomic E-state index is 10.6. The number of fused-ring (bicyclic) bond motifs is 1. The van der Waals surface area contributed by atoms with Crippen LogP contribution in [0.5, 0.6) is 0 Å². The third kappa shape index (κ3) is 1.07. The molecule has 0 N–H and O–H groups in total. The Morgan fingerprint density at radius 1 is 1.27 bits per heavy atom. The number of urea groups is 1. The molecule has 0 atom stereocenters. The lowest BCUT2D eigenvalue weighted by atomic mass is 10.5. The van der Waals surface area contributed by atoms with Gasteiger partial charge < -0.3 is 0 Å². The van der Waals surface area contributed by atoms with Gasteiger partial charge in [-0.15, -0.1) is 0 Å². The molecule has 11 heavy (non-hydrogen) atoms. The van der Waals surface area contributed by atoms with Crippen LogP contribution in [0.1, 0.15) is 0 Å². The number of carbonyl (C=O) groups is 1. The topological polar surface area (TPSA) is 54.7 Å². The van der Waals surface area contributed by atoms with Gasteiger partial charge in [0.25, 0.3) is 0 Å². The average Bonchev–Trinajstić information content (AvgIpc) is 2.27. The van der Waals surface area contributed by atoms with Crippen LogP contribution in [0.15, 0.2) is 26.7 Å². The molecule has 1 aromatic rings. The lowest BCUT2D eigenvalue weighted by molar-refractivity contribution is 0.256. The quantitative estimate of drug-likeness (QED) is 0.577. The van der Waals surface area contributed by atoms with E-state index in [1.165, 1.54) is 0 Å². The van der Waals surface area contributed by atoms with Gasteiger partial charge in [0.05, 0.1) is 0 Å². The SMILES string of the molecule is O=C1N=c2ccc(Br)nc2=N1. The molecule has 2 rings (SSSR count). The Bertz CT molecular complexity index is 440. The number of halogens is 1. The number of aromatic nitrogens is 1. The molecule has 0 spiro atoms. The molecule has 1 aliphatic heterocycles. The van der Waals surface area contributed by atoms with Gasteiger partial charge in [0.2, 0.25) is 0 Å². The van der Waals surface area contributed by atoms with Gasteiger partial charge in [-0.05, 0) is 28.1 Å². The second-order valence-corrected chi connectivity index (χ2v) is 2.80. The molecule has 0 radical (unpaired) electrons. The van der Waals surface area contributed by atoms with Crippen molar-refractivity contribution in [2.75, 3.05) is 0 Å². The van der Waals surface area contributed by atoms with Crippen molar-refractivity contribution in [1.82, 2.24) is 4.98 Å². The van der Waals surface area contributed by atoms with E-state index in [9.17, 15) is 4.79 Å². The Kier molecular flexibility index (Phi) is 1.32. The Balaban J connectivity index is 2.89. The maximum Gasteiger partial charge on any atom is 0.369 e. The van der Waals surface area contributed by atoms with Crippen LogP contribution in [0.25, 0.3) is 0 Å². The highest BCUT2D eigenvalue weighted by Crippen LogP contribution is 1.98. The molecule has 1 aromatic heterocycles. The smallest absolute Gasteiger partial charge is 0.244 e. The van der Waals surface area contributed by atoms with Crippen molar-refractivity contribution in [3.63, 3.8) is 0 Å². The molecule has 1 aliphatic rings. The second kappa shape index (κ2) is 2.20. The standard InChI is InChI=1S/C6H2BrN3O/c7-4-2-1-3-5(9-4)10-6(11)8-3/h1-2H. The van der Waals surface area contributed by atoms with Crippen LogP contribution < -0.4 is 10.8 Å². The Labute approximate surface area is 69.8 Å². The van der Waals surface area contributed by atoms with Crippen molar-refractivity contribution in [1.29, 1.82) is 0 Å². The zero-order chi connectivity index (χ0) is 7.84. The van der Waals surface area contributed by atoms with Crippen molar-refractivity contribution in [2.45, 2.75) is 0 Å². The molecule has 2 amide bonds. The van der Waals surface area contributed by atoms with Gasteiger partial charge in [-0.3, -0.25) is 0 Å². The van der Waals surface area contributed by atoms with Crippen molar-refractivity contribution in [3.8, 4) is 0 Å². The molecule has 5 heteroatoms. The maximum atomic E-state index is 10.6. The summed E-state index contributed by atoms with van der Waals surface area (Å²) in [6, 6.07) is 2.93. The van der Waals surface area contributed by atoms with Crippen LogP contribution in [0.2, 0.25) is 0 Å². The van der Waals surface area contributed by atoms with Crippen molar-refractivity contribution in [3.05, 3.63) is 27.6 Å². The molecule has 0 saturated carbocycles. The molecule has 0 saturated heterocycles. The Morgan fingerprint density at radius 2 is 2.09 bits per heavy atom. The molecule has 0 bridgehead atoms. The van der Waals surface area contributed by atoms with Crippen LogP contribution in [0.3, 0.4) is 0 Å². The number of nitrogens with zero attached hydrogens (tertiary/aromatic N) is 3. The Hall–Kier alpha value is -1.10. The van der Waals surface area contributed by atoms with Crippen LogP contribution in [0, 0.1) is 0 Å². The fourth-order valence-electron chi connectivity index (χ4n) is 0.806. The van der Waals surface area contributed by atoms with Crippen LogP contribution in [-0.2, 0) is 0 Å². The number of pyridine rings is 1. The van der Waals surface area contributed by atoms with Crippen LogP contribution in [0.4, 0.5) is 4.79 Å². The van der Waals surface area contributed by atoms with Gasteiger partial charge in [0.1, 0.15) is 9.96 Å². The minimum atomic E-state index is -0.481. The summed E-state index contributed by atoms with van der Waals surface area (Å²) in [6.45, 7) is 0. The van der Waals surface area contributed by atoms with Gasteiger partial charge in [-0.25, -0.2) is 9.78 Å². The molecule has 0 aromatic carbocycles. The third-order valence-electron chi connectivity index (χ3n) is 1.24. The molecule has 0 unspecified atom stereocenters. The zero-order valence-corrected chi connectivity index (χ0v) is 6.87. The predicted molar refractivity (Wildman–Crippen MR) is 39.6 cm³/mol. The van der Waals surface area contributed by atoms with E-state index in [1.807, 2.05) is 0 Å². The summed E-state index contributed by atoms with van der Waals surface area (Å²) in [4.78, 5) is 21.7. The highest BCUT2D eigenvalue weighted by molar-refractivity contribution is 9.10. The first-order chi connectivity index (χ1) is 5.25. The van der Waals surface area contributed by atoms with Crippen molar-refractivity contribution >= 4 is 22.0 Å².